The van der Waals surface area contributed by atoms with Gasteiger partial charge in [-0.3, -0.25) is 4.79 Å². The average Bonchev–Trinajstić information content (AvgIpc) is 2.41. The van der Waals surface area contributed by atoms with Gasteiger partial charge in [-0.15, -0.1) is 23.7 Å². The Morgan fingerprint density at radius 2 is 1.42 bits per heavy atom. The van der Waals surface area contributed by atoms with Crippen molar-refractivity contribution in [2.45, 2.75) is 71.6 Å². The summed E-state index contributed by atoms with van der Waals surface area (Å²) in [7, 11) is 0. The Labute approximate surface area is 118 Å². The maximum atomic E-state index is 11.4. The summed E-state index contributed by atoms with van der Waals surface area (Å²) in [4.78, 5) is 11.4. The molecule has 0 rings (SSSR count). The Morgan fingerprint density at radius 3 is 2.11 bits per heavy atom. The topological polar surface area (TPSA) is 26.3 Å². The van der Waals surface area contributed by atoms with Gasteiger partial charge >= 0.3 is 5.97 Å². The van der Waals surface area contributed by atoms with Gasteiger partial charge < -0.3 is 4.74 Å². The predicted molar refractivity (Wildman–Crippen MR) is 79.4 cm³/mol. The first-order chi connectivity index (χ1) is 9.31. The van der Waals surface area contributed by atoms with Gasteiger partial charge in [-0.25, -0.2) is 0 Å². The van der Waals surface area contributed by atoms with Crippen molar-refractivity contribution < 1.29 is 9.53 Å². The molecule has 2 nitrogen and oxygen atoms in total. The minimum absolute atomic E-state index is 0.0682. The third kappa shape index (κ3) is 14.5. The second-order valence-electron chi connectivity index (χ2n) is 4.45. The van der Waals surface area contributed by atoms with E-state index in [1.54, 1.807) is 0 Å². The number of rotatable bonds is 10. The molecule has 0 aliphatic heterocycles. The molecule has 0 bridgehead atoms. The Hall–Kier alpha value is -1.41. The summed E-state index contributed by atoms with van der Waals surface area (Å²) in [6, 6.07) is 0. The number of carbonyl (C=O) groups excluding carboxylic acids is 1. The van der Waals surface area contributed by atoms with Crippen molar-refractivity contribution in [2.24, 2.45) is 0 Å². The first kappa shape index (κ1) is 17.6. The van der Waals surface area contributed by atoms with Crippen molar-refractivity contribution in [3.05, 3.63) is 0 Å². The van der Waals surface area contributed by atoms with E-state index in [1.165, 1.54) is 19.3 Å². The smallest absolute Gasteiger partial charge is 0.305 e. The summed E-state index contributed by atoms with van der Waals surface area (Å²) >= 11 is 0. The van der Waals surface area contributed by atoms with E-state index in [2.05, 4.69) is 23.7 Å². The molecule has 0 aromatic heterocycles. The van der Waals surface area contributed by atoms with Crippen LogP contribution in [0.2, 0.25) is 0 Å². The third-order valence-electron chi connectivity index (χ3n) is 2.75. The van der Waals surface area contributed by atoms with Gasteiger partial charge in [-0.2, -0.15) is 0 Å². The molecule has 0 atom stereocenters. The average molecular weight is 262 g/mol. The van der Waals surface area contributed by atoms with Crippen LogP contribution in [0.5, 0.6) is 0 Å². The van der Waals surface area contributed by atoms with Gasteiger partial charge in [-0.05, 0) is 33.1 Å². The molecule has 0 N–H and O–H groups in total. The van der Waals surface area contributed by atoms with Crippen LogP contribution in [0.15, 0.2) is 0 Å². The second-order valence-corrected chi connectivity index (χ2v) is 4.45. The summed E-state index contributed by atoms with van der Waals surface area (Å²) in [6.45, 7) is 4.20. The molecule has 0 fully saturated rings. The summed E-state index contributed by atoms with van der Waals surface area (Å²) < 4.78 is 5.12. The fraction of sp³-hybridized carbons (Fsp3) is 0.706. The van der Waals surface area contributed by atoms with Crippen molar-refractivity contribution in [3.8, 4) is 23.7 Å². The maximum absolute atomic E-state index is 11.4. The highest BCUT2D eigenvalue weighted by molar-refractivity contribution is 5.69. The maximum Gasteiger partial charge on any atom is 0.305 e. The molecular weight excluding hydrogens is 236 g/mol. The lowest BCUT2D eigenvalue weighted by Crippen LogP contribution is -2.05. The standard InChI is InChI=1S/C17H26O2/c1-3-5-7-9-10-11-12-13-15-17(18)19-16-14-8-6-4-2/h7-16H2,1-2H3. The fourth-order valence-electron chi connectivity index (χ4n) is 1.68. The first-order valence-corrected chi connectivity index (χ1v) is 7.26. The molecule has 0 unspecified atom stereocenters. The first-order valence-electron chi connectivity index (χ1n) is 7.26. The van der Waals surface area contributed by atoms with Crippen LogP contribution in [0.4, 0.5) is 0 Å². The monoisotopic (exact) mass is 262 g/mol. The van der Waals surface area contributed by atoms with E-state index in [0.717, 1.165) is 32.1 Å². The molecule has 0 spiro atoms. The van der Waals surface area contributed by atoms with Crippen LogP contribution < -0.4 is 0 Å². The van der Waals surface area contributed by atoms with Crippen molar-refractivity contribution in [1.82, 2.24) is 0 Å². The van der Waals surface area contributed by atoms with E-state index in [9.17, 15) is 4.79 Å². The molecule has 0 amide bonds. The molecule has 0 saturated heterocycles. The lowest BCUT2D eigenvalue weighted by molar-refractivity contribution is -0.143. The fourth-order valence-corrected chi connectivity index (χ4v) is 1.68. The largest absolute Gasteiger partial charge is 0.466 e. The summed E-state index contributed by atoms with van der Waals surface area (Å²) in [5.41, 5.74) is 0. The van der Waals surface area contributed by atoms with Gasteiger partial charge in [0, 0.05) is 19.3 Å². The third-order valence-corrected chi connectivity index (χ3v) is 2.75. The van der Waals surface area contributed by atoms with E-state index in [4.69, 9.17) is 4.74 Å². The van der Waals surface area contributed by atoms with Crippen LogP contribution in [-0.4, -0.2) is 12.6 Å². The normalized spacial score (nSPS) is 8.95. The molecule has 0 aromatic carbocycles. The number of hydrogen-bond acceptors (Lipinski definition) is 2. The van der Waals surface area contributed by atoms with Crippen LogP contribution in [0.1, 0.15) is 71.6 Å². The summed E-state index contributed by atoms with van der Waals surface area (Å²) in [5.74, 6) is 11.7. The highest BCUT2D eigenvalue weighted by Crippen LogP contribution is 2.07. The van der Waals surface area contributed by atoms with Gasteiger partial charge in [-0.1, -0.05) is 19.3 Å². The molecule has 0 aromatic rings. The Kier molecular flexibility index (Phi) is 13.6. The molecule has 19 heavy (non-hydrogen) atoms. The van der Waals surface area contributed by atoms with E-state index < -0.39 is 0 Å². The van der Waals surface area contributed by atoms with Gasteiger partial charge in [0.15, 0.2) is 0 Å². The van der Waals surface area contributed by atoms with Crippen LogP contribution in [0.25, 0.3) is 0 Å². The molecule has 0 radical (unpaired) electrons. The number of unbranched alkanes of at least 4 members (excludes halogenated alkanes) is 6. The summed E-state index contributed by atoms with van der Waals surface area (Å²) in [5, 5.41) is 0. The predicted octanol–water partition coefficient (Wildman–Crippen LogP) is 4.09. The Bertz CT molecular complexity index is 336. The second kappa shape index (κ2) is 14.7. The van der Waals surface area contributed by atoms with E-state index >= 15 is 0 Å². The van der Waals surface area contributed by atoms with E-state index in [0.29, 0.717) is 13.0 Å². The highest BCUT2D eigenvalue weighted by Gasteiger charge is 2.01. The van der Waals surface area contributed by atoms with Crippen LogP contribution >= 0.6 is 0 Å². The summed E-state index contributed by atoms with van der Waals surface area (Å²) in [6.07, 6.45) is 8.81. The molecule has 106 valence electrons. The highest BCUT2D eigenvalue weighted by atomic mass is 16.5. The minimum Gasteiger partial charge on any atom is -0.466 e. The molecule has 2 heteroatoms. The van der Waals surface area contributed by atoms with Gasteiger partial charge in [0.25, 0.3) is 0 Å². The van der Waals surface area contributed by atoms with Crippen molar-refractivity contribution >= 4 is 5.97 Å². The molecule has 0 aliphatic carbocycles. The van der Waals surface area contributed by atoms with Crippen LogP contribution in [-0.2, 0) is 9.53 Å². The van der Waals surface area contributed by atoms with Crippen molar-refractivity contribution in [2.75, 3.05) is 6.61 Å². The van der Waals surface area contributed by atoms with Gasteiger partial charge in [0.1, 0.15) is 0 Å². The number of carbonyl (C=O) groups is 1. The molecule has 0 heterocycles. The van der Waals surface area contributed by atoms with Crippen molar-refractivity contribution in [1.29, 1.82) is 0 Å². The number of esters is 1. The zero-order chi connectivity index (χ0) is 14.2. The van der Waals surface area contributed by atoms with Crippen molar-refractivity contribution in [3.63, 3.8) is 0 Å². The minimum atomic E-state index is -0.0682. The van der Waals surface area contributed by atoms with Crippen LogP contribution in [0, 0.1) is 23.7 Å². The van der Waals surface area contributed by atoms with Crippen LogP contribution in [0.3, 0.4) is 0 Å². The quantitative estimate of drug-likeness (QED) is 0.337. The van der Waals surface area contributed by atoms with E-state index in [1.807, 2.05) is 13.8 Å². The lowest BCUT2D eigenvalue weighted by atomic mass is 10.1. The Morgan fingerprint density at radius 1 is 0.842 bits per heavy atom. The zero-order valence-corrected chi connectivity index (χ0v) is 12.4. The SMILES string of the molecule is CC#CCCCCCCCC(=O)OCCCC#CC. The number of ether oxygens (including phenoxy) is 1. The van der Waals surface area contributed by atoms with Gasteiger partial charge in [0.05, 0.1) is 6.61 Å². The Balaban J connectivity index is 3.23. The zero-order valence-electron chi connectivity index (χ0n) is 12.4. The molecular formula is C17H26O2. The number of hydrogen-bond donors (Lipinski definition) is 0. The van der Waals surface area contributed by atoms with Gasteiger partial charge in [0.2, 0.25) is 0 Å². The van der Waals surface area contributed by atoms with E-state index in [-0.39, 0.29) is 5.97 Å². The lowest BCUT2D eigenvalue weighted by Gasteiger charge is -2.03. The molecule has 0 saturated carbocycles. The molecule has 0 aliphatic rings.